The van der Waals surface area contributed by atoms with Gasteiger partial charge < -0.3 is 10.3 Å². The highest BCUT2D eigenvalue weighted by Gasteiger charge is 2.34. The summed E-state index contributed by atoms with van der Waals surface area (Å²) < 4.78 is 1.95. The lowest BCUT2D eigenvalue weighted by Gasteiger charge is -2.43. The molecule has 1 saturated heterocycles. The number of aromatic nitrogens is 3. The van der Waals surface area contributed by atoms with Crippen molar-refractivity contribution in [2.75, 3.05) is 18.8 Å². The van der Waals surface area contributed by atoms with E-state index in [1.807, 2.05) is 16.7 Å². The van der Waals surface area contributed by atoms with E-state index in [1.165, 1.54) is 11.9 Å². The van der Waals surface area contributed by atoms with Gasteiger partial charge in [0, 0.05) is 60.5 Å². The van der Waals surface area contributed by atoms with Gasteiger partial charge in [-0.3, -0.25) is 9.69 Å². The Morgan fingerprint density at radius 1 is 1.07 bits per heavy atom. The number of fused-ring (bicyclic) bond motifs is 4. The van der Waals surface area contributed by atoms with Gasteiger partial charge in [0.25, 0.3) is 5.56 Å². The van der Waals surface area contributed by atoms with Gasteiger partial charge in [-0.05, 0) is 36.1 Å². The van der Waals surface area contributed by atoms with Crippen molar-refractivity contribution in [2.24, 2.45) is 5.92 Å². The number of nitrogen functional groups attached to an aromatic ring is 1. The molecule has 1 aromatic carbocycles. The van der Waals surface area contributed by atoms with Crippen LogP contribution < -0.4 is 11.3 Å². The number of piperidine rings is 1. The third-order valence-electron chi connectivity index (χ3n) is 5.94. The van der Waals surface area contributed by atoms with Crippen LogP contribution >= 0.6 is 11.6 Å². The van der Waals surface area contributed by atoms with E-state index >= 15 is 0 Å². The van der Waals surface area contributed by atoms with Crippen molar-refractivity contribution in [1.82, 2.24) is 19.4 Å². The first kappa shape index (κ1) is 18.3. The lowest BCUT2D eigenvalue weighted by molar-refractivity contribution is 0.114. The van der Waals surface area contributed by atoms with Crippen LogP contribution in [-0.4, -0.2) is 32.5 Å². The van der Waals surface area contributed by atoms with Crippen molar-refractivity contribution in [3.05, 3.63) is 75.4 Å². The highest BCUT2D eigenvalue weighted by molar-refractivity contribution is 6.30. The number of hydrogen-bond acceptors (Lipinski definition) is 5. The number of rotatable bonds is 3. The molecule has 0 saturated carbocycles. The maximum atomic E-state index is 12.8. The number of likely N-dealkylation sites (tertiary alicyclic amines) is 1. The standard InChI is InChI=1S/C22H22ClN5O/c23-18-3-1-14(2-4-18)9-27-10-15-5-17(12-27)20-6-16(7-22(29)28(20)11-15)19-8-21(24)26-13-25-19/h1-4,6-8,13,15,17H,5,9-12H2,(H2,24,25,26)/t15-,17+/m0/s1. The van der Waals surface area contributed by atoms with Crippen molar-refractivity contribution >= 4 is 17.4 Å². The van der Waals surface area contributed by atoms with E-state index in [4.69, 9.17) is 17.3 Å². The minimum Gasteiger partial charge on any atom is -0.384 e. The second-order valence-electron chi connectivity index (χ2n) is 8.07. The lowest BCUT2D eigenvalue weighted by atomic mass is 9.82. The Kier molecular flexibility index (Phi) is 4.60. The molecule has 0 amide bonds. The smallest absolute Gasteiger partial charge is 0.251 e. The first-order valence-corrected chi connectivity index (χ1v) is 10.2. The van der Waals surface area contributed by atoms with Crippen molar-refractivity contribution < 1.29 is 0 Å². The fourth-order valence-electron chi connectivity index (χ4n) is 4.71. The Balaban J connectivity index is 1.45. The highest BCUT2D eigenvalue weighted by Crippen LogP contribution is 2.37. The molecule has 4 heterocycles. The topological polar surface area (TPSA) is 77.0 Å². The average molecular weight is 408 g/mol. The number of nitrogens with two attached hydrogens (primary N) is 1. The Bertz CT molecular complexity index is 1110. The summed E-state index contributed by atoms with van der Waals surface area (Å²) in [5.41, 5.74) is 9.70. The fourth-order valence-corrected chi connectivity index (χ4v) is 4.84. The molecule has 0 spiro atoms. The molecule has 2 aliphatic rings. The van der Waals surface area contributed by atoms with Gasteiger partial charge in [-0.15, -0.1) is 0 Å². The lowest BCUT2D eigenvalue weighted by Crippen LogP contribution is -2.46. The molecule has 148 valence electrons. The predicted molar refractivity (Wildman–Crippen MR) is 114 cm³/mol. The molecule has 1 fully saturated rings. The van der Waals surface area contributed by atoms with Gasteiger partial charge in [-0.25, -0.2) is 9.97 Å². The SMILES string of the molecule is Nc1cc(-c2cc3n(c(=O)c2)C[C@H]2C[C@@H]3CN(Cc3ccc(Cl)cc3)C2)ncn1. The molecule has 2 aromatic heterocycles. The van der Waals surface area contributed by atoms with Crippen LogP contribution in [0.4, 0.5) is 5.82 Å². The Labute approximate surface area is 174 Å². The molecule has 0 unspecified atom stereocenters. The van der Waals surface area contributed by atoms with Gasteiger partial charge in [0.15, 0.2) is 0 Å². The molecular weight excluding hydrogens is 386 g/mol. The van der Waals surface area contributed by atoms with Crippen LogP contribution in [0.15, 0.2) is 53.6 Å². The van der Waals surface area contributed by atoms with Crippen molar-refractivity contribution in [3.8, 4) is 11.3 Å². The molecule has 6 nitrogen and oxygen atoms in total. The number of halogens is 1. The molecule has 0 radical (unpaired) electrons. The van der Waals surface area contributed by atoms with Gasteiger partial charge >= 0.3 is 0 Å². The molecule has 29 heavy (non-hydrogen) atoms. The van der Waals surface area contributed by atoms with Crippen LogP contribution in [0.1, 0.15) is 23.6 Å². The van der Waals surface area contributed by atoms with Gasteiger partial charge in [0.2, 0.25) is 0 Å². The third-order valence-corrected chi connectivity index (χ3v) is 6.19. The zero-order valence-corrected chi connectivity index (χ0v) is 16.7. The summed E-state index contributed by atoms with van der Waals surface area (Å²) in [6.45, 7) is 3.62. The Morgan fingerprint density at radius 2 is 1.90 bits per heavy atom. The second kappa shape index (κ2) is 7.28. The first-order valence-electron chi connectivity index (χ1n) is 9.84. The predicted octanol–water partition coefficient (Wildman–Crippen LogP) is 3.16. The first-order chi connectivity index (χ1) is 14.0. The van der Waals surface area contributed by atoms with E-state index in [-0.39, 0.29) is 5.56 Å². The summed E-state index contributed by atoms with van der Waals surface area (Å²) in [7, 11) is 0. The summed E-state index contributed by atoms with van der Waals surface area (Å²) in [4.78, 5) is 23.6. The fraction of sp³-hybridized carbons (Fsp3) is 0.318. The highest BCUT2D eigenvalue weighted by atomic mass is 35.5. The molecule has 2 bridgehead atoms. The van der Waals surface area contributed by atoms with E-state index in [0.29, 0.717) is 23.3 Å². The number of hydrogen-bond donors (Lipinski definition) is 1. The zero-order valence-electron chi connectivity index (χ0n) is 16.0. The number of nitrogens with zero attached hydrogens (tertiary/aromatic N) is 4. The zero-order chi connectivity index (χ0) is 20.0. The summed E-state index contributed by atoms with van der Waals surface area (Å²) in [6, 6.07) is 13.5. The average Bonchev–Trinajstić information content (AvgIpc) is 2.70. The molecule has 5 rings (SSSR count). The van der Waals surface area contributed by atoms with E-state index in [9.17, 15) is 4.79 Å². The third kappa shape index (κ3) is 3.66. The van der Waals surface area contributed by atoms with Gasteiger partial charge in [-0.2, -0.15) is 0 Å². The molecule has 2 aliphatic heterocycles. The maximum absolute atomic E-state index is 12.8. The number of benzene rings is 1. The number of pyridine rings is 1. The largest absolute Gasteiger partial charge is 0.384 e. The normalized spacial score (nSPS) is 21.0. The molecule has 2 atom stereocenters. The Morgan fingerprint density at radius 3 is 2.69 bits per heavy atom. The Hall–Kier alpha value is -2.70. The molecule has 3 aromatic rings. The molecule has 0 aliphatic carbocycles. The van der Waals surface area contributed by atoms with Crippen LogP contribution in [0, 0.1) is 5.92 Å². The quantitative estimate of drug-likeness (QED) is 0.721. The minimum atomic E-state index is 0.0375. The van der Waals surface area contributed by atoms with E-state index < -0.39 is 0 Å². The minimum absolute atomic E-state index is 0.0375. The van der Waals surface area contributed by atoms with Gasteiger partial charge in [-0.1, -0.05) is 23.7 Å². The summed E-state index contributed by atoms with van der Waals surface area (Å²) in [6.07, 6.45) is 2.55. The summed E-state index contributed by atoms with van der Waals surface area (Å²) in [5, 5.41) is 0.760. The summed E-state index contributed by atoms with van der Waals surface area (Å²) >= 11 is 6.02. The van der Waals surface area contributed by atoms with Crippen LogP contribution in [0.5, 0.6) is 0 Å². The maximum Gasteiger partial charge on any atom is 0.251 e. The van der Waals surface area contributed by atoms with Gasteiger partial charge in [0.05, 0.1) is 5.69 Å². The van der Waals surface area contributed by atoms with Gasteiger partial charge in [0.1, 0.15) is 12.1 Å². The summed E-state index contributed by atoms with van der Waals surface area (Å²) in [5.74, 6) is 1.23. The number of anilines is 1. The van der Waals surface area contributed by atoms with Crippen molar-refractivity contribution in [1.29, 1.82) is 0 Å². The van der Waals surface area contributed by atoms with E-state index in [0.717, 1.165) is 48.9 Å². The van der Waals surface area contributed by atoms with E-state index in [2.05, 4.69) is 33.1 Å². The molecular formula is C22H22ClN5O. The van der Waals surface area contributed by atoms with E-state index in [1.54, 1.807) is 12.1 Å². The van der Waals surface area contributed by atoms with Crippen molar-refractivity contribution in [3.63, 3.8) is 0 Å². The van der Waals surface area contributed by atoms with Crippen LogP contribution in [-0.2, 0) is 13.1 Å². The van der Waals surface area contributed by atoms with Crippen LogP contribution in [0.25, 0.3) is 11.3 Å². The van der Waals surface area contributed by atoms with Crippen LogP contribution in [0.2, 0.25) is 5.02 Å². The monoisotopic (exact) mass is 407 g/mol. The second-order valence-corrected chi connectivity index (χ2v) is 8.50. The van der Waals surface area contributed by atoms with Crippen LogP contribution in [0.3, 0.4) is 0 Å². The molecule has 2 N–H and O–H groups in total. The molecule has 7 heteroatoms. The van der Waals surface area contributed by atoms with Crippen molar-refractivity contribution in [2.45, 2.75) is 25.4 Å².